The van der Waals surface area contributed by atoms with Crippen LogP contribution in [0.2, 0.25) is 0 Å². The maximum absolute atomic E-state index is 11.2. The Hall–Kier alpha value is -0.0900. The Labute approximate surface area is 67.9 Å². The molecule has 0 amide bonds. The highest BCUT2D eigenvalue weighted by atomic mass is 32.2. The van der Waals surface area contributed by atoms with Gasteiger partial charge in [0.1, 0.15) is 0 Å². The largest absolute Gasteiger partial charge is 0.270 e. The quantitative estimate of drug-likeness (QED) is 0.612. The molecule has 11 heavy (non-hydrogen) atoms. The van der Waals surface area contributed by atoms with Gasteiger partial charge in [-0.3, -0.25) is 4.18 Å². The zero-order valence-electron chi connectivity index (χ0n) is 6.75. The van der Waals surface area contributed by atoms with Crippen molar-refractivity contribution in [1.82, 2.24) is 0 Å². The Kier molecular flexibility index (Phi) is 2.90. The summed E-state index contributed by atoms with van der Waals surface area (Å²) < 4.78 is 27.1. The summed E-state index contributed by atoms with van der Waals surface area (Å²) in [6.07, 6.45) is 3.61. The fourth-order valence-electron chi connectivity index (χ4n) is 1.44. The fraction of sp³-hybridized carbons (Fsp3) is 1.00. The Morgan fingerprint density at radius 1 is 1.36 bits per heavy atom. The molecule has 1 fully saturated rings. The average Bonchev–Trinajstić information content (AvgIpc) is 2.37. The van der Waals surface area contributed by atoms with Gasteiger partial charge >= 0.3 is 0 Å². The summed E-state index contributed by atoms with van der Waals surface area (Å²) in [5.41, 5.74) is 0. The van der Waals surface area contributed by atoms with Crippen molar-refractivity contribution in [3.8, 4) is 0 Å². The van der Waals surface area contributed by atoms with Crippen LogP contribution in [-0.4, -0.2) is 20.3 Å². The van der Waals surface area contributed by atoms with Gasteiger partial charge in [0.05, 0.1) is 11.9 Å². The Bertz CT molecular complexity index is 202. The van der Waals surface area contributed by atoms with Crippen LogP contribution in [0, 0.1) is 0 Å². The second-order valence-electron chi connectivity index (χ2n) is 2.81. The van der Waals surface area contributed by atoms with E-state index in [0.29, 0.717) is 0 Å². The summed E-state index contributed by atoms with van der Waals surface area (Å²) in [5.74, 6) is 0. The van der Waals surface area contributed by atoms with E-state index >= 15 is 0 Å². The molecule has 66 valence electrons. The van der Waals surface area contributed by atoms with Crippen molar-refractivity contribution in [1.29, 1.82) is 0 Å². The molecule has 0 spiro atoms. The lowest BCUT2D eigenvalue weighted by Gasteiger charge is -2.08. The molecule has 0 aromatic carbocycles. The Balaban J connectivity index is 2.56. The van der Waals surface area contributed by atoms with Gasteiger partial charge < -0.3 is 0 Å². The molecule has 0 aliphatic heterocycles. The van der Waals surface area contributed by atoms with Crippen molar-refractivity contribution in [2.45, 2.75) is 37.9 Å². The molecule has 1 aliphatic carbocycles. The molecule has 0 atom stereocenters. The van der Waals surface area contributed by atoms with Crippen LogP contribution in [0.5, 0.6) is 0 Å². The van der Waals surface area contributed by atoms with Crippen LogP contribution in [0.1, 0.15) is 32.6 Å². The monoisotopic (exact) mass is 178 g/mol. The molecule has 0 radical (unpaired) electrons. The fourth-order valence-corrected chi connectivity index (χ4v) is 2.87. The molecular formula is C7H14O3S. The van der Waals surface area contributed by atoms with Gasteiger partial charge in [-0.1, -0.05) is 12.8 Å². The van der Waals surface area contributed by atoms with E-state index in [4.69, 9.17) is 0 Å². The van der Waals surface area contributed by atoms with Gasteiger partial charge in [-0.25, -0.2) is 0 Å². The van der Waals surface area contributed by atoms with Crippen molar-refractivity contribution < 1.29 is 12.6 Å². The second kappa shape index (κ2) is 3.54. The summed E-state index contributed by atoms with van der Waals surface area (Å²) >= 11 is 0. The summed E-state index contributed by atoms with van der Waals surface area (Å²) in [7, 11) is -3.21. The predicted molar refractivity (Wildman–Crippen MR) is 42.8 cm³/mol. The van der Waals surface area contributed by atoms with E-state index in [1.54, 1.807) is 6.92 Å². The van der Waals surface area contributed by atoms with Gasteiger partial charge in [-0.15, -0.1) is 0 Å². The maximum atomic E-state index is 11.2. The van der Waals surface area contributed by atoms with Crippen molar-refractivity contribution in [3.05, 3.63) is 0 Å². The first-order chi connectivity index (χ1) is 5.17. The van der Waals surface area contributed by atoms with Crippen LogP contribution in [-0.2, 0) is 14.3 Å². The molecular weight excluding hydrogens is 164 g/mol. The summed E-state index contributed by atoms with van der Waals surface area (Å²) in [6, 6.07) is 0. The van der Waals surface area contributed by atoms with E-state index in [0.717, 1.165) is 25.7 Å². The normalized spacial score (nSPS) is 20.8. The van der Waals surface area contributed by atoms with E-state index in [-0.39, 0.29) is 11.9 Å². The second-order valence-corrected chi connectivity index (χ2v) is 4.69. The summed E-state index contributed by atoms with van der Waals surface area (Å²) in [6.45, 7) is 1.96. The molecule has 0 bridgehead atoms. The van der Waals surface area contributed by atoms with Gasteiger partial charge in [-0.2, -0.15) is 8.42 Å². The zero-order chi connectivity index (χ0) is 8.32. The van der Waals surface area contributed by atoms with Crippen molar-refractivity contribution in [3.63, 3.8) is 0 Å². The third-order valence-corrected chi connectivity index (χ3v) is 3.84. The molecule has 1 saturated carbocycles. The zero-order valence-corrected chi connectivity index (χ0v) is 7.56. The van der Waals surface area contributed by atoms with E-state index in [9.17, 15) is 8.42 Å². The van der Waals surface area contributed by atoms with Crippen LogP contribution >= 0.6 is 0 Å². The molecule has 0 N–H and O–H groups in total. The van der Waals surface area contributed by atoms with Crippen LogP contribution < -0.4 is 0 Å². The Morgan fingerprint density at radius 2 is 1.91 bits per heavy atom. The van der Waals surface area contributed by atoms with Crippen molar-refractivity contribution >= 4 is 10.1 Å². The topological polar surface area (TPSA) is 43.4 Å². The van der Waals surface area contributed by atoms with Crippen LogP contribution in [0.3, 0.4) is 0 Å². The highest BCUT2D eigenvalue weighted by molar-refractivity contribution is 7.87. The number of rotatable bonds is 3. The van der Waals surface area contributed by atoms with Gasteiger partial charge in [0.25, 0.3) is 10.1 Å². The summed E-state index contributed by atoms with van der Waals surface area (Å²) in [4.78, 5) is 0. The van der Waals surface area contributed by atoms with E-state index in [1.165, 1.54) is 0 Å². The van der Waals surface area contributed by atoms with Gasteiger partial charge in [0.2, 0.25) is 0 Å². The third-order valence-electron chi connectivity index (χ3n) is 1.99. The van der Waals surface area contributed by atoms with Crippen LogP contribution in [0.4, 0.5) is 0 Å². The molecule has 0 aromatic heterocycles. The van der Waals surface area contributed by atoms with Crippen molar-refractivity contribution in [2.75, 3.05) is 6.61 Å². The van der Waals surface area contributed by atoms with Gasteiger partial charge in [-0.05, 0) is 19.8 Å². The molecule has 0 heterocycles. The lowest BCUT2D eigenvalue weighted by atomic mass is 10.4. The van der Waals surface area contributed by atoms with Crippen molar-refractivity contribution in [2.24, 2.45) is 0 Å². The lowest BCUT2D eigenvalue weighted by Crippen LogP contribution is -2.20. The minimum atomic E-state index is -3.21. The standard InChI is InChI=1S/C7H14O3S/c1-2-10-11(8,9)7-5-3-4-6-7/h7H,2-6H2,1H3. The summed E-state index contributed by atoms with van der Waals surface area (Å²) in [5, 5.41) is -0.220. The van der Waals surface area contributed by atoms with E-state index in [1.807, 2.05) is 0 Å². The lowest BCUT2D eigenvalue weighted by molar-refractivity contribution is 0.330. The highest BCUT2D eigenvalue weighted by Crippen LogP contribution is 2.25. The van der Waals surface area contributed by atoms with Crippen LogP contribution in [0.25, 0.3) is 0 Å². The minimum absolute atomic E-state index is 0.220. The molecule has 3 nitrogen and oxygen atoms in total. The first-order valence-electron chi connectivity index (χ1n) is 4.05. The first kappa shape index (κ1) is 9.00. The smallest absolute Gasteiger partial charge is 0.270 e. The average molecular weight is 178 g/mol. The molecule has 0 aromatic rings. The third kappa shape index (κ3) is 2.17. The van der Waals surface area contributed by atoms with Gasteiger partial charge in [0, 0.05) is 0 Å². The maximum Gasteiger partial charge on any atom is 0.270 e. The molecule has 0 saturated heterocycles. The predicted octanol–water partition coefficient (Wildman–Crippen LogP) is 1.30. The molecule has 0 unspecified atom stereocenters. The van der Waals surface area contributed by atoms with E-state index < -0.39 is 10.1 Å². The highest BCUT2D eigenvalue weighted by Gasteiger charge is 2.28. The number of hydrogen-bond acceptors (Lipinski definition) is 3. The van der Waals surface area contributed by atoms with Crippen LogP contribution in [0.15, 0.2) is 0 Å². The molecule has 4 heteroatoms. The molecule has 1 rings (SSSR count). The Morgan fingerprint density at radius 3 is 2.36 bits per heavy atom. The minimum Gasteiger partial charge on any atom is -0.270 e. The molecule has 1 aliphatic rings. The SMILES string of the molecule is CCOS(=O)(=O)C1CCCC1. The van der Waals surface area contributed by atoms with E-state index in [2.05, 4.69) is 4.18 Å². The first-order valence-corrected chi connectivity index (χ1v) is 5.52. The number of hydrogen-bond donors (Lipinski definition) is 0. The van der Waals surface area contributed by atoms with Gasteiger partial charge in [0.15, 0.2) is 0 Å².